The molecule has 1 aliphatic heterocycles. The summed E-state index contributed by atoms with van der Waals surface area (Å²) >= 11 is 0. The number of nitrogens with zero attached hydrogens (tertiary/aromatic N) is 4. The van der Waals surface area contributed by atoms with Gasteiger partial charge in [0, 0.05) is 31.7 Å². The topological polar surface area (TPSA) is 70.3 Å². The highest BCUT2D eigenvalue weighted by atomic mass is 15.3. The zero-order valence-electron chi connectivity index (χ0n) is 11.3. The maximum Gasteiger partial charge on any atom is 0.158 e. The number of rotatable bonds is 3. The number of nitrogens with one attached hydrogen (secondary N) is 1. The first-order valence-corrected chi connectivity index (χ1v) is 6.32. The summed E-state index contributed by atoms with van der Waals surface area (Å²) in [6.07, 6.45) is 3.45. The Hall–Kier alpha value is -1.24. The van der Waals surface area contributed by atoms with Crippen LogP contribution < -0.4 is 11.3 Å². The number of likely N-dealkylation sites (N-methyl/N-ethyl adjacent to an activating group) is 1. The molecule has 1 aromatic heterocycles. The van der Waals surface area contributed by atoms with Crippen LogP contribution in [0.5, 0.6) is 0 Å². The summed E-state index contributed by atoms with van der Waals surface area (Å²) in [4.78, 5) is 13.4. The number of nitrogen functional groups attached to an aromatic ring is 1. The van der Waals surface area contributed by atoms with Crippen LogP contribution >= 0.6 is 0 Å². The predicted octanol–water partition coefficient (Wildman–Crippen LogP) is 0.287. The first-order chi connectivity index (χ1) is 8.60. The second-order valence-corrected chi connectivity index (χ2v) is 5.09. The van der Waals surface area contributed by atoms with Crippen molar-refractivity contribution in [2.24, 2.45) is 5.84 Å². The molecule has 0 aliphatic carbocycles. The highest BCUT2D eigenvalue weighted by Gasteiger charge is 2.26. The van der Waals surface area contributed by atoms with Crippen molar-refractivity contribution in [1.29, 1.82) is 0 Å². The molecule has 2 heterocycles. The molecule has 6 heteroatoms. The van der Waals surface area contributed by atoms with Crippen LogP contribution in [0.2, 0.25) is 0 Å². The van der Waals surface area contributed by atoms with Crippen molar-refractivity contribution in [1.82, 2.24) is 19.8 Å². The molecule has 2 unspecified atom stereocenters. The molecule has 3 N–H and O–H groups in total. The molecule has 2 rings (SSSR count). The maximum atomic E-state index is 5.27. The van der Waals surface area contributed by atoms with Gasteiger partial charge < -0.3 is 5.43 Å². The first-order valence-electron chi connectivity index (χ1n) is 6.32. The Labute approximate surface area is 108 Å². The molecule has 0 amide bonds. The third-order valence-corrected chi connectivity index (χ3v) is 3.67. The van der Waals surface area contributed by atoms with E-state index in [0.29, 0.717) is 17.9 Å². The Morgan fingerprint density at radius 2 is 1.94 bits per heavy atom. The van der Waals surface area contributed by atoms with Gasteiger partial charge in [-0.1, -0.05) is 0 Å². The van der Waals surface area contributed by atoms with Gasteiger partial charge in [0.2, 0.25) is 0 Å². The second-order valence-electron chi connectivity index (χ2n) is 5.09. The van der Waals surface area contributed by atoms with Gasteiger partial charge in [-0.25, -0.2) is 10.8 Å². The van der Waals surface area contributed by atoms with Gasteiger partial charge in [0.1, 0.15) is 0 Å². The molecule has 1 fully saturated rings. The van der Waals surface area contributed by atoms with E-state index in [2.05, 4.69) is 46.1 Å². The fourth-order valence-electron chi connectivity index (χ4n) is 2.38. The summed E-state index contributed by atoms with van der Waals surface area (Å²) in [6, 6.07) is 1.15. The largest absolute Gasteiger partial charge is 0.307 e. The van der Waals surface area contributed by atoms with E-state index in [0.717, 1.165) is 25.3 Å². The fourth-order valence-corrected chi connectivity index (χ4v) is 2.38. The van der Waals surface area contributed by atoms with Gasteiger partial charge in [-0.2, -0.15) is 0 Å². The minimum atomic E-state index is 0.576. The zero-order chi connectivity index (χ0) is 13.1. The third kappa shape index (κ3) is 2.95. The van der Waals surface area contributed by atoms with Gasteiger partial charge in [0.25, 0.3) is 0 Å². The van der Waals surface area contributed by atoms with E-state index in [9.17, 15) is 0 Å². The van der Waals surface area contributed by atoms with Gasteiger partial charge >= 0.3 is 0 Å². The summed E-state index contributed by atoms with van der Waals surface area (Å²) in [6.45, 7) is 7.50. The van der Waals surface area contributed by atoms with E-state index in [4.69, 9.17) is 5.84 Å². The average molecular weight is 250 g/mol. The van der Waals surface area contributed by atoms with Crippen LogP contribution in [0.4, 0.5) is 5.82 Å². The van der Waals surface area contributed by atoms with E-state index in [-0.39, 0.29) is 0 Å². The lowest BCUT2D eigenvalue weighted by molar-refractivity contribution is 0.0549. The molecule has 6 nitrogen and oxygen atoms in total. The zero-order valence-corrected chi connectivity index (χ0v) is 11.3. The molecule has 100 valence electrons. The van der Waals surface area contributed by atoms with E-state index in [1.54, 1.807) is 12.4 Å². The molecule has 1 saturated heterocycles. The van der Waals surface area contributed by atoms with Crippen molar-refractivity contribution in [2.75, 3.05) is 25.6 Å². The summed E-state index contributed by atoms with van der Waals surface area (Å²) in [5.41, 5.74) is 3.47. The van der Waals surface area contributed by atoms with Crippen LogP contribution in [-0.4, -0.2) is 52.0 Å². The highest BCUT2D eigenvalue weighted by molar-refractivity contribution is 5.28. The van der Waals surface area contributed by atoms with Gasteiger partial charge in [0.15, 0.2) is 5.82 Å². The Bertz CT molecular complexity index is 367. The van der Waals surface area contributed by atoms with Crippen molar-refractivity contribution < 1.29 is 0 Å². The average Bonchev–Trinajstić information content (AvgIpc) is 2.37. The van der Waals surface area contributed by atoms with Crippen molar-refractivity contribution >= 4 is 5.82 Å². The normalized spacial score (nSPS) is 26.2. The lowest BCUT2D eigenvalue weighted by Crippen LogP contribution is -2.54. The number of hydrogen-bond donors (Lipinski definition) is 2. The minimum Gasteiger partial charge on any atom is -0.307 e. The third-order valence-electron chi connectivity index (χ3n) is 3.67. The van der Waals surface area contributed by atoms with E-state index in [1.165, 1.54) is 0 Å². The van der Waals surface area contributed by atoms with Crippen molar-refractivity contribution in [3.05, 3.63) is 18.1 Å². The summed E-state index contributed by atoms with van der Waals surface area (Å²) in [5.74, 6) is 5.86. The minimum absolute atomic E-state index is 0.576. The molecule has 1 aliphatic rings. The van der Waals surface area contributed by atoms with Crippen LogP contribution in [0.3, 0.4) is 0 Å². The van der Waals surface area contributed by atoms with Crippen molar-refractivity contribution in [3.63, 3.8) is 0 Å². The Balaban J connectivity index is 1.96. The summed E-state index contributed by atoms with van der Waals surface area (Å²) < 4.78 is 0. The maximum absolute atomic E-state index is 5.27. The number of hydrazine groups is 1. The SMILES string of the molecule is CC1CN(Cc2cnc(NN)cn2)CC(C)N1C. The number of piperazine rings is 1. The van der Waals surface area contributed by atoms with E-state index < -0.39 is 0 Å². The predicted molar refractivity (Wildman–Crippen MR) is 71.8 cm³/mol. The lowest BCUT2D eigenvalue weighted by Gasteiger charge is -2.42. The molecule has 2 atom stereocenters. The molecule has 18 heavy (non-hydrogen) atoms. The Kier molecular flexibility index (Phi) is 4.11. The van der Waals surface area contributed by atoms with Gasteiger partial charge in [0.05, 0.1) is 18.1 Å². The van der Waals surface area contributed by atoms with Gasteiger partial charge in [-0.05, 0) is 20.9 Å². The monoisotopic (exact) mass is 250 g/mol. The van der Waals surface area contributed by atoms with Crippen LogP contribution in [0.1, 0.15) is 19.5 Å². The lowest BCUT2D eigenvalue weighted by atomic mass is 10.1. The second kappa shape index (κ2) is 5.60. The highest BCUT2D eigenvalue weighted by Crippen LogP contribution is 2.15. The van der Waals surface area contributed by atoms with Crippen LogP contribution in [-0.2, 0) is 6.54 Å². The standard InChI is InChI=1S/C12H22N6/c1-9-6-18(7-10(2)17(9)3)8-11-4-15-12(16-13)5-14-11/h4-5,9-10H,6-8,13H2,1-3H3,(H,15,16). The molecule has 0 aromatic carbocycles. The summed E-state index contributed by atoms with van der Waals surface area (Å²) in [5, 5.41) is 0. The van der Waals surface area contributed by atoms with Crippen molar-refractivity contribution in [2.45, 2.75) is 32.5 Å². The van der Waals surface area contributed by atoms with Crippen LogP contribution in [0.15, 0.2) is 12.4 Å². The number of hydrogen-bond acceptors (Lipinski definition) is 6. The van der Waals surface area contributed by atoms with Gasteiger partial charge in [-0.3, -0.25) is 14.8 Å². The Morgan fingerprint density at radius 3 is 2.44 bits per heavy atom. The van der Waals surface area contributed by atoms with Crippen LogP contribution in [0, 0.1) is 0 Å². The molecule has 0 radical (unpaired) electrons. The molecular weight excluding hydrogens is 228 g/mol. The fraction of sp³-hybridized carbons (Fsp3) is 0.667. The van der Waals surface area contributed by atoms with E-state index >= 15 is 0 Å². The molecule has 1 aromatic rings. The first kappa shape index (κ1) is 13.2. The van der Waals surface area contributed by atoms with E-state index in [1.807, 2.05) is 0 Å². The molecule has 0 spiro atoms. The van der Waals surface area contributed by atoms with Crippen molar-refractivity contribution in [3.8, 4) is 0 Å². The number of aromatic nitrogens is 2. The molecule has 0 saturated carbocycles. The number of nitrogens with two attached hydrogens (primary N) is 1. The summed E-state index contributed by atoms with van der Waals surface area (Å²) in [7, 11) is 2.19. The molecule has 0 bridgehead atoms. The smallest absolute Gasteiger partial charge is 0.158 e. The Morgan fingerprint density at radius 1 is 1.28 bits per heavy atom. The molecular formula is C12H22N6. The van der Waals surface area contributed by atoms with Gasteiger partial charge in [-0.15, -0.1) is 0 Å². The number of anilines is 1. The van der Waals surface area contributed by atoms with Crippen LogP contribution in [0.25, 0.3) is 0 Å². The quantitative estimate of drug-likeness (QED) is 0.593.